The van der Waals surface area contributed by atoms with Gasteiger partial charge in [-0.1, -0.05) is 0 Å². The zero-order chi connectivity index (χ0) is 13.3. The van der Waals surface area contributed by atoms with Crippen molar-refractivity contribution in [2.75, 3.05) is 0 Å². The molecule has 0 heterocycles. The molecule has 0 aromatic rings. The molecule has 0 atom stereocenters. The van der Waals surface area contributed by atoms with Crippen LogP contribution in [0, 0.1) is 0 Å². The molecule has 0 saturated carbocycles. The molecule has 0 spiro atoms. The van der Waals surface area contributed by atoms with Gasteiger partial charge in [0.15, 0.2) is 0 Å². The van der Waals surface area contributed by atoms with Gasteiger partial charge in [0.1, 0.15) is 0 Å². The van der Waals surface area contributed by atoms with Gasteiger partial charge in [0.05, 0.1) is 0 Å². The van der Waals surface area contributed by atoms with E-state index in [4.69, 9.17) is 0 Å². The topological polar surface area (TPSA) is 27.7 Å². The third-order valence-corrected chi connectivity index (χ3v) is 7.65. The second kappa shape index (κ2) is 4.29. The van der Waals surface area contributed by atoms with Crippen molar-refractivity contribution < 1.29 is 18.0 Å². The van der Waals surface area contributed by atoms with Crippen molar-refractivity contribution in [3.63, 3.8) is 0 Å². The molecule has 0 rings (SSSR count). The zero-order valence-electron chi connectivity index (χ0n) is 10.5. The first-order valence-electron chi connectivity index (χ1n) is 5.13. The van der Waals surface area contributed by atoms with E-state index in [-0.39, 0.29) is 0 Å². The molecule has 0 N–H and O–H groups in total. The van der Waals surface area contributed by atoms with Crippen molar-refractivity contribution in [3.05, 3.63) is 0 Å². The fraction of sp³-hybridized carbons (Fsp3) is 1.00. The van der Waals surface area contributed by atoms with E-state index in [9.17, 15) is 8.68 Å². The van der Waals surface area contributed by atoms with Gasteiger partial charge in [-0.3, -0.25) is 0 Å². The molecule has 0 fully saturated rings. The van der Waals surface area contributed by atoms with E-state index in [0.717, 1.165) is 0 Å². The molecule has 0 aromatic heterocycles. The Labute approximate surface area is 96.3 Å². The number of rotatable bonds is 6. The average Bonchev–Trinajstić information content (AvgIpc) is 1.71. The van der Waals surface area contributed by atoms with Crippen LogP contribution in [0.4, 0.5) is 8.68 Å². The van der Waals surface area contributed by atoms with E-state index >= 15 is 0 Å². The van der Waals surface area contributed by atoms with Crippen molar-refractivity contribution in [3.8, 4) is 0 Å². The van der Waals surface area contributed by atoms with E-state index in [1.165, 1.54) is 41.5 Å². The van der Waals surface area contributed by atoms with Crippen LogP contribution in [-0.4, -0.2) is 36.7 Å². The Hall–Kier alpha value is 0.460. The summed E-state index contributed by atoms with van der Waals surface area (Å²) in [6.07, 6.45) is -3.07. The van der Waals surface area contributed by atoms with Crippen LogP contribution >= 0.6 is 0 Å². The third kappa shape index (κ3) is 5.69. The molecule has 102 valence electrons. The second-order valence-electron chi connectivity index (χ2n) is 4.38. The SMILES string of the molecule is CC(C)O[Te](F)(F)(F)(OC(C)C)OC(C)C. The average molecular weight is 362 g/mol. The molecular weight excluding hydrogens is 341 g/mol. The molecule has 7 heteroatoms. The summed E-state index contributed by atoms with van der Waals surface area (Å²) >= 11 is -8.77. The Morgan fingerprint density at radius 2 is 0.812 bits per heavy atom. The molecule has 0 aliphatic heterocycles. The fourth-order valence-electron chi connectivity index (χ4n) is 1.19. The van der Waals surface area contributed by atoms with Gasteiger partial charge in [-0.25, -0.2) is 0 Å². The van der Waals surface area contributed by atoms with E-state index < -0.39 is 36.7 Å². The molecule has 0 bridgehead atoms. The Kier molecular flexibility index (Phi) is 4.41. The van der Waals surface area contributed by atoms with Crippen molar-refractivity contribution >= 4 is 18.4 Å². The first-order chi connectivity index (χ1) is 6.78. The van der Waals surface area contributed by atoms with Crippen LogP contribution in [0.25, 0.3) is 0 Å². The summed E-state index contributed by atoms with van der Waals surface area (Å²) in [5.74, 6) is 0. The Balaban J connectivity index is 5.27. The molecule has 0 unspecified atom stereocenters. The van der Waals surface area contributed by atoms with E-state index in [1.807, 2.05) is 0 Å². The Morgan fingerprint density at radius 3 is 0.938 bits per heavy atom. The van der Waals surface area contributed by atoms with Crippen LogP contribution in [0.15, 0.2) is 0 Å². The normalized spacial score (nSPS) is 18.0. The van der Waals surface area contributed by atoms with Gasteiger partial charge in [-0.05, 0) is 0 Å². The number of hydrogen-bond donors (Lipinski definition) is 0. The summed E-state index contributed by atoms with van der Waals surface area (Å²) in [5.41, 5.74) is 0. The first-order valence-corrected chi connectivity index (χ1v) is 10.6. The van der Waals surface area contributed by atoms with Crippen molar-refractivity contribution in [2.45, 2.75) is 59.9 Å². The van der Waals surface area contributed by atoms with Gasteiger partial charge < -0.3 is 0 Å². The summed E-state index contributed by atoms with van der Waals surface area (Å²) in [6.45, 7) is 7.81. The maximum atomic E-state index is 14.1. The predicted molar refractivity (Wildman–Crippen MR) is 57.7 cm³/mol. The fourth-order valence-corrected chi connectivity index (χ4v) is 8.01. The van der Waals surface area contributed by atoms with Gasteiger partial charge in [0.2, 0.25) is 0 Å². The van der Waals surface area contributed by atoms with E-state index in [1.54, 1.807) is 0 Å². The minimum atomic E-state index is -8.77. The van der Waals surface area contributed by atoms with Crippen molar-refractivity contribution in [1.82, 2.24) is 0 Å². The van der Waals surface area contributed by atoms with Gasteiger partial charge >= 0.3 is 96.2 Å². The molecule has 0 saturated heterocycles. The molecule has 0 radical (unpaired) electrons. The summed E-state index contributed by atoms with van der Waals surface area (Å²) in [7, 11) is 0. The first kappa shape index (κ1) is 16.5. The third-order valence-electron chi connectivity index (χ3n) is 1.14. The van der Waals surface area contributed by atoms with Crippen LogP contribution in [0.2, 0.25) is 0 Å². The van der Waals surface area contributed by atoms with Crippen molar-refractivity contribution in [2.24, 2.45) is 0 Å². The summed E-state index contributed by atoms with van der Waals surface area (Å²) in [5, 5.41) is 0. The summed E-state index contributed by atoms with van der Waals surface area (Å²) < 4.78 is 54.9. The van der Waals surface area contributed by atoms with Crippen LogP contribution in [0.3, 0.4) is 0 Å². The van der Waals surface area contributed by atoms with E-state index in [2.05, 4.69) is 9.30 Å². The molecule has 16 heavy (non-hydrogen) atoms. The second-order valence-corrected chi connectivity index (χ2v) is 11.4. The number of halogens is 3. The van der Waals surface area contributed by atoms with Crippen LogP contribution in [0.1, 0.15) is 41.5 Å². The minimum absolute atomic E-state index is 1.02. The molecular formula is C9H21F3O3Te. The molecule has 3 nitrogen and oxygen atoms in total. The standard InChI is InChI=1S/C9H21F3O3Te/c1-7(2)13-16(10,11,12,14-8(3)4)15-9(5)6/h7-9H,1-6H3. The van der Waals surface area contributed by atoms with Gasteiger partial charge in [0, 0.05) is 0 Å². The molecule has 0 amide bonds. The van der Waals surface area contributed by atoms with Gasteiger partial charge in [-0.2, -0.15) is 0 Å². The van der Waals surface area contributed by atoms with Gasteiger partial charge in [0.25, 0.3) is 0 Å². The zero-order valence-corrected chi connectivity index (χ0v) is 12.8. The Bertz CT molecular complexity index is 220. The van der Waals surface area contributed by atoms with Crippen molar-refractivity contribution in [1.29, 1.82) is 0 Å². The molecule has 0 aromatic carbocycles. The molecule has 0 aliphatic carbocycles. The van der Waals surface area contributed by atoms with E-state index in [0.29, 0.717) is 0 Å². The summed E-state index contributed by atoms with van der Waals surface area (Å²) in [4.78, 5) is 0. The Morgan fingerprint density at radius 1 is 0.625 bits per heavy atom. The van der Waals surface area contributed by atoms with Gasteiger partial charge in [-0.15, -0.1) is 0 Å². The van der Waals surface area contributed by atoms with Crippen LogP contribution in [-0.2, 0) is 9.30 Å². The maximum absolute atomic E-state index is 14.1. The quantitative estimate of drug-likeness (QED) is 0.678. The number of hydrogen-bond acceptors (Lipinski definition) is 3. The summed E-state index contributed by atoms with van der Waals surface area (Å²) in [6, 6.07) is 0. The predicted octanol–water partition coefficient (Wildman–Crippen LogP) is 3.51. The van der Waals surface area contributed by atoms with Crippen LogP contribution < -0.4 is 0 Å². The van der Waals surface area contributed by atoms with Crippen LogP contribution in [0.5, 0.6) is 0 Å². The monoisotopic (exact) mass is 364 g/mol. The molecule has 0 aliphatic rings.